The molecule has 178 valence electrons. The number of hydrogen-bond acceptors (Lipinski definition) is 4. The van der Waals surface area contributed by atoms with E-state index in [1.54, 1.807) is 0 Å². The van der Waals surface area contributed by atoms with Crippen molar-refractivity contribution in [3.63, 3.8) is 0 Å². The average molecular weight is 435 g/mol. The van der Waals surface area contributed by atoms with Crippen LogP contribution in [-0.2, 0) is 4.79 Å². The summed E-state index contributed by atoms with van der Waals surface area (Å²) >= 11 is 0. The van der Waals surface area contributed by atoms with Gasteiger partial charge in [0.2, 0.25) is 0 Å². The molecule has 0 aliphatic heterocycles. The Morgan fingerprint density at radius 2 is 1.71 bits per heavy atom. The Hall–Kier alpha value is -0.450. The molecule has 0 radical (unpaired) electrons. The first-order valence-electron chi connectivity index (χ1n) is 13.1. The van der Waals surface area contributed by atoms with Gasteiger partial charge in [-0.3, -0.25) is 0 Å². The normalized spacial score (nSPS) is 51.3. The van der Waals surface area contributed by atoms with Crippen LogP contribution in [0.1, 0.15) is 91.9 Å². The molecule has 4 nitrogen and oxygen atoms in total. The quantitative estimate of drug-likeness (QED) is 0.534. The fraction of sp³-hybridized carbons (Fsp3) is 0.963. The monoisotopic (exact) mass is 434 g/mol. The first-order chi connectivity index (χ1) is 14.6. The molecule has 0 saturated heterocycles. The SMILES string of the molecule is CC(C=O)CCC[C@@H](C)[C@H]1CC[C@H]2[C@@H]3[C@H](O)C[C@@H]4C[C@H](O)CC[C@]4(C)[C@H]3CC(O)C12C. The maximum absolute atomic E-state index is 11.6. The molecule has 0 spiro atoms. The minimum atomic E-state index is -0.308. The molecule has 4 aliphatic rings. The lowest BCUT2D eigenvalue weighted by atomic mass is 9.43. The Morgan fingerprint density at radius 3 is 2.42 bits per heavy atom. The first kappa shape index (κ1) is 23.7. The molecule has 0 aromatic carbocycles. The van der Waals surface area contributed by atoms with Crippen molar-refractivity contribution in [2.45, 2.75) is 110 Å². The molecule has 0 bridgehead atoms. The van der Waals surface area contributed by atoms with Crippen LogP contribution >= 0.6 is 0 Å². The predicted octanol–water partition coefficient (Wildman–Crippen LogP) is 4.59. The van der Waals surface area contributed by atoms with E-state index in [1.807, 2.05) is 6.92 Å². The second kappa shape index (κ2) is 8.72. The Kier molecular flexibility index (Phi) is 6.67. The van der Waals surface area contributed by atoms with Gasteiger partial charge in [-0.25, -0.2) is 0 Å². The smallest absolute Gasteiger partial charge is 0.122 e. The first-order valence-corrected chi connectivity index (χ1v) is 13.1. The zero-order chi connectivity index (χ0) is 22.6. The van der Waals surface area contributed by atoms with Gasteiger partial charge >= 0.3 is 0 Å². The van der Waals surface area contributed by atoms with Crippen LogP contribution < -0.4 is 0 Å². The number of aliphatic hydroxyl groups excluding tert-OH is 3. The average Bonchev–Trinajstić information content (AvgIpc) is 3.08. The number of hydrogen-bond donors (Lipinski definition) is 3. The van der Waals surface area contributed by atoms with Crippen molar-refractivity contribution in [2.24, 2.45) is 52.3 Å². The number of aliphatic hydroxyl groups is 3. The lowest BCUT2D eigenvalue weighted by molar-refractivity contribution is -0.207. The minimum Gasteiger partial charge on any atom is -0.393 e. The van der Waals surface area contributed by atoms with Crippen LogP contribution in [0.2, 0.25) is 0 Å². The van der Waals surface area contributed by atoms with E-state index in [4.69, 9.17) is 0 Å². The summed E-state index contributed by atoms with van der Waals surface area (Å²) in [5, 5.41) is 33.2. The van der Waals surface area contributed by atoms with Crippen molar-refractivity contribution in [3.05, 3.63) is 0 Å². The van der Waals surface area contributed by atoms with Gasteiger partial charge in [-0.15, -0.1) is 0 Å². The van der Waals surface area contributed by atoms with Crippen molar-refractivity contribution >= 4 is 6.29 Å². The standard InChI is InChI=1S/C27H46O4/c1-16(15-28)6-5-7-17(2)20-8-9-21-25-22(14-24(31)27(20,21)4)26(3)11-10-19(29)12-18(26)13-23(25)30/h15-25,29-31H,5-14H2,1-4H3/t16?,17-,18+,19-,20-,21+,22+,23-,24?,25+,26+,27?/m1/s1. The van der Waals surface area contributed by atoms with Gasteiger partial charge in [0.15, 0.2) is 0 Å². The lowest BCUT2D eigenvalue weighted by Crippen LogP contribution is -2.62. The molecule has 0 heterocycles. The summed E-state index contributed by atoms with van der Waals surface area (Å²) in [6, 6.07) is 0. The highest BCUT2D eigenvalue weighted by molar-refractivity contribution is 5.52. The minimum absolute atomic E-state index is 0.116. The maximum Gasteiger partial charge on any atom is 0.122 e. The second-order valence-electron chi connectivity index (χ2n) is 12.5. The van der Waals surface area contributed by atoms with Gasteiger partial charge < -0.3 is 20.1 Å². The molecule has 0 aromatic rings. The van der Waals surface area contributed by atoms with E-state index in [1.165, 1.54) is 0 Å². The van der Waals surface area contributed by atoms with Crippen LogP contribution in [0, 0.1) is 52.3 Å². The summed E-state index contributed by atoms with van der Waals surface area (Å²) in [7, 11) is 0. The molecule has 4 saturated carbocycles. The van der Waals surface area contributed by atoms with Crippen molar-refractivity contribution in [1.29, 1.82) is 0 Å². The molecule has 0 amide bonds. The van der Waals surface area contributed by atoms with Gasteiger partial charge in [0.25, 0.3) is 0 Å². The third-order valence-corrected chi connectivity index (χ3v) is 11.1. The third kappa shape index (κ3) is 3.83. The fourth-order valence-corrected chi connectivity index (χ4v) is 9.16. The molecule has 3 unspecified atom stereocenters. The number of aldehydes is 1. The predicted molar refractivity (Wildman–Crippen MR) is 122 cm³/mol. The van der Waals surface area contributed by atoms with E-state index in [2.05, 4.69) is 20.8 Å². The zero-order valence-corrected chi connectivity index (χ0v) is 20.2. The van der Waals surface area contributed by atoms with Crippen LogP contribution in [0.25, 0.3) is 0 Å². The third-order valence-electron chi connectivity index (χ3n) is 11.1. The molecular weight excluding hydrogens is 388 g/mol. The largest absolute Gasteiger partial charge is 0.393 e. The second-order valence-corrected chi connectivity index (χ2v) is 12.5. The number of rotatable bonds is 6. The van der Waals surface area contributed by atoms with Crippen LogP contribution in [0.3, 0.4) is 0 Å². The van der Waals surface area contributed by atoms with E-state index in [0.717, 1.165) is 70.5 Å². The van der Waals surface area contributed by atoms with Gasteiger partial charge in [0.05, 0.1) is 18.3 Å². The summed E-state index contributed by atoms with van der Waals surface area (Å²) in [6.45, 7) is 9.07. The van der Waals surface area contributed by atoms with E-state index >= 15 is 0 Å². The van der Waals surface area contributed by atoms with E-state index < -0.39 is 0 Å². The van der Waals surface area contributed by atoms with Crippen molar-refractivity contribution in [2.75, 3.05) is 0 Å². The maximum atomic E-state index is 11.6. The molecule has 0 aromatic heterocycles. The molecule has 4 rings (SSSR count). The Bertz CT molecular complexity index is 651. The number of fused-ring (bicyclic) bond motifs is 5. The Labute approximate surface area is 189 Å². The molecular formula is C27H46O4. The van der Waals surface area contributed by atoms with Gasteiger partial charge in [-0.05, 0) is 97.7 Å². The molecule has 3 N–H and O–H groups in total. The Morgan fingerprint density at radius 1 is 0.968 bits per heavy atom. The van der Waals surface area contributed by atoms with Crippen molar-refractivity contribution < 1.29 is 20.1 Å². The van der Waals surface area contributed by atoms with E-state index in [9.17, 15) is 20.1 Å². The van der Waals surface area contributed by atoms with E-state index in [-0.39, 0.29) is 41.0 Å². The summed E-state index contributed by atoms with van der Waals surface area (Å²) in [6.07, 6.45) is 9.98. The van der Waals surface area contributed by atoms with Crippen LogP contribution in [0.5, 0.6) is 0 Å². The number of carbonyl (C=O) groups is 1. The fourth-order valence-electron chi connectivity index (χ4n) is 9.16. The zero-order valence-electron chi connectivity index (χ0n) is 20.2. The molecule has 4 aliphatic carbocycles. The highest BCUT2D eigenvalue weighted by atomic mass is 16.3. The van der Waals surface area contributed by atoms with Crippen molar-refractivity contribution in [1.82, 2.24) is 0 Å². The van der Waals surface area contributed by atoms with Gasteiger partial charge in [0.1, 0.15) is 6.29 Å². The van der Waals surface area contributed by atoms with Gasteiger partial charge in [-0.2, -0.15) is 0 Å². The molecule has 4 fully saturated rings. The summed E-state index contributed by atoms with van der Waals surface area (Å²) in [4.78, 5) is 11.0. The number of carbonyl (C=O) groups excluding carboxylic acids is 1. The van der Waals surface area contributed by atoms with E-state index in [0.29, 0.717) is 29.6 Å². The molecule has 12 atom stereocenters. The van der Waals surface area contributed by atoms with Crippen LogP contribution in [-0.4, -0.2) is 39.9 Å². The van der Waals surface area contributed by atoms with Gasteiger partial charge in [0, 0.05) is 5.92 Å². The highest BCUT2D eigenvalue weighted by Gasteiger charge is 2.65. The molecule has 4 heteroatoms. The molecule has 31 heavy (non-hydrogen) atoms. The summed E-state index contributed by atoms with van der Waals surface area (Å²) in [5.74, 6) is 2.59. The summed E-state index contributed by atoms with van der Waals surface area (Å²) < 4.78 is 0. The van der Waals surface area contributed by atoms with Crippen LogP contribution in [0.15, 0.2) is 0 Å². The Balaban J connectivity index is 1.53. The topological polar surface area (TPSA) is 77.8 Å². The van der Waals surface area contributed by atoms with Gasteiger partial charge in [-0.1, -0.05) is 40.5 Å². The summed E-state index contributed by atoms with van der Waals surface area (Å²) in [5.41, 5.74) is 0.0231. The lowest BCUT2D eigenvalue weighted by Gasteiger charge is -2.63. The highest BCUT2D eigenvalue weighted by Crippen LogP contribution is 2.68. The van der Waals surface area contributed by atoms with Crippen molar-refractivity contribution in [3.8, 4) is 0 Å². The van der Waals surface area contributed by atoms with Crippen LogP contribution in [0.4, 0.5) is 0 Å².